The first kappa shape index (κ1) is 11.0. The second-order valence-corrected chi connectivity index (χ2v) is 5.34. The molecule has 72 valence electrons. The van der Waals surface area contributed by atoms with Gasteiger partial charge in [-0.25, -0.2) is 8.42 Å². The summed E-state index contributed by atoms with van der Waals surface area (Å²) in [6.45, 7) is 0. The van der Waals surface area contributed by atoms with E-state index in [0.29, 0.717) is 14.6 Å². The molecule has 4 nitrogen and oxygen atoms in total. The van der Waals surface area contributed by atoms with Crippen LogP contribution in [0.2, 0.25) is 0 Å². The number of hydrogen-bond acceptors (Lipinski definition) is 4. The maximum atomic E-state index is 10.6. The van der Waals surface area contributed by atoms with Crippen LogP contribution in [0.1, 0.15) is 0 Å². The van der Waals surface area contributed by atoms with Crippen LogP contribution in [0.15, 0.2) is 26.0 Å². The van der Waals surface area contributed by atoms with Gasteiger partial charge in [0.25, 0.3) is 0 Å². The zero-order chi connectivity index (χ0) is 10.2. The lowest BCUT2D eigenvalue weighted by atomic mass is 10.3. The Bertz CT molecular complexity index is 420. The Morgan fingerprint density at radius 2 is 1.62 bits per heavy atom. The van der Waals surface area contributed by atoms with Gasteiger partial charge in [0.05, 0.1) is 10.6 Å². The van der Waals surface area contributed by atoms with Crippen molar-refractivity contribution in [3.63, 3.8) is 0 Å². The minimum atomic E-state index is -4.43. The predicted molar refractivity (Wildman–Crippen MR) is 54.2 cm³/mol. The largest absolute Gasteiger partial charge is 0.744 e. The maximum Gasteiger partial charge on any atom is 0.124 e. The molecule has 2 N–H and O–H groups in total. The predicted octanol–water partition coefficient (Wildman–Crippen LogP) is 1.70. The number of nitrogen functional groups attached to an aromatic ring is 1. The van der Waals surface area contributed by atoms with Crippen molar-refractivity contribution < 1.29 is 13.0 Å². The molecule has 0 unspecified atom stereocenters. The van der Waals surface area contributed by atoms with Gasteiger partial charge in [-0.05, 0) is 44.0 Å². The molecule has 0 saturated carbocycles. The first-order chi connectivity index (χ1) is 5.82. The first-order valence-electron chi connectivity index (χ1n) is 3.03. The molecular weight excluding hydrogens is 326 g/mol. The van der Waals surface area contributed by atoms with Crippen LogP contribution in [-0.2, 0) is 10.1 Å². The second kappa shape index (κ2) is 3.56. The summed E-state index contributed by atoms with van der Waals surface area (Å²) in [6.07, 6.45) is 0. The summed E-state index contributed by atoms with van der Waals surface area (Å²) in [5, 5.41) is 0. The van der Waals surface area contributed by atoms with Crippen molar-refractivity contribution in [3.05, 3.63) is 21.1 Å². The molecule has 0 atom stereocenters. The number of nitrogens with two attached hydrogens (primary N) is 1. The van der Waals surface area contributed by atoms with Gasteiger partial charge in [0, 0.05) is 8.95 Å². The normalized spacial score (nSPS) is 11.6. The van der Waals surface area contributed by atoms with E-state index in [1.165, 1.54) is 12.1 Å². The number of hydrogen-bond donors (Lipinski definition) is 1. The zero-order valence-corrected chi connectivity index (χ0v) is 10.1. The SMILES string of the molecule is Nc1c(Br)cc(S(=O)(=O)[O-])cc1Br. The van der Waals surface area contributed by atoms with E-state index in [1.807, 2.05) is 0 Å². The van der Waals surface area contributed by atoms with Gasteiger partial charge in [0.1, 0.15) is 10.1 Å². The fourth-order valence-corrected chi connectivity index (χ4v) is 2.72. The molecule has 0 aliphatic carbocycles. The van der Waals surface area contributed by atoms with E-state index in [0.717, 1.165) is 0 Å². The Kier molecular flexibility index (Phi) is 3.01. The van der Waals surface area contributed by atoms with Crippen LogP contribution in [-0.4, -0.2) is 13.0 Å². The second-order valence-electron chi connectivity index (χ2n) is 2.25. The smallest absolute Gasteiger partial charge is 0.124 e. The summed E-state index contributed by atoms with van der Waals surface area (Å²) in [6, 6.07) is 2.34. The highest BCUT2D eigenvalue weighted by atomic mass is 79.9. The standard InChI is InChI=1S/C6H5Br2NO3S/c7-4-1-3(13(10,11)12)2-5(8)6(4)9/h1-2H,9H2,(H,10,11,12)/p-1. The maximum absolute atomic E-state index is 10.6. The highest BCUT2D eigenvalue weighted by molar-refractivity contribution is 9.11. The fourth-order valence-electron chi connectivity index (χ4n) is 0.705. The molecule has 1 aromatic rings. The van der Waals surface area contributed by atoms with Crippen LogP contribution in [0.4, 0.5) is 5.69 Å². The highest BCUT2D eigenvalue weighted by Gasteiger charge is 2.07. The molecule has 0 aliphatic rings. The Balaban J connectivity index is 3.47. The average Bonchev–Trinajstić information content (AvgIpc) is 1.97. The quantitative estimate of drug-likeness (QED) is 0.628. The van der Waals surface area contributed by atoms with Gasteiger partial charge in [-0.2, -0.15) is 0 Å². The van der Waals surface area contributed by atoms with E-state index in [-0.39, 0.29) is 4.90 Å². The Morgan fingerprint density at radius 1 is 1.23 bits per heavy atom. The number of halogens is 2. The van der Waals surface area contributed by atoms with Crippen LogP contribution in [0.5, 0.6) is 0 Å². The number of anilines is 1. The van der Waals surface area contributed by atoms with Crippen LogP contribution >= 0.6 is 31.9 Å². The van der Waals surface area contributed by atoms with Crippen molar-refractivity contribution in [1.29, 1.82) is 0 Å². The van der Waals surface area contributed by atoms with Gasteiger partial charge in [0.2, 0.25) is 0 Å². The molecule has 1 rings (SSSR count). The minimum absolute atomic E-state index is 0.319. The summed E-state index contributed by atoms with van der Waals surface area (Å²) >= 11 is 6.06. The van der Waals surface area contributed by atoms with Crippen molar-refractivity contribution in [2.45, 2.75) is 4.90 Å². The fraction of sp³-hybridized carbons (Fsp3) is 0. The van der Waals surface area contributed by atoms with Crippen LogP contribution in [0.3, 0.4) is 0 Å². The molecule has 0 heterocycles. The molecule has 0 radical (unpaired) electrons. The Labute approximate surface area is 92.1 Å². The first-order valence-corrected chi connectivity index (χ1v) is 6.02. The topological polar surface area (TPSA) is 83.2 Å². The third-order valence-corrected chi connectivity index (χ3v) is 3.47. The molecule has 13 heavy (non-hydrogen) atoms. The van der Waals surface area contributed by atoms with Gasteiger partial charge in [-0.1, -0.05) is 0 Å². The van der Waals surface area contributed by atoms with Crippen molar-refractivity contribution in [3.8, 4) is 0 Å². The molecule has 0 fully saturated rings. The average molecular weight is 330 g/mol. The van der Waals surface area contributed by atoms with Gasteiger partial charge in [0.15, 0.2) is 0 Å². The van der Waals surface area contributed by atoms with Gasteiger partial charge in [-0.3, -0.25) is 0 Å². The van der Waals surface area contributed by atoms with Crippen molar-refractivity contribution in [1.82, 2.24) is 0 Å². The van der Waals surface area contributed by atoms with Crippen LogP contribution in [0, 0.1) is 0 Å². The molecule has 0 spiro atoms. The summed E-state index contributed by atoms with van der Waals surface area (Å²) < 4.78 is 32.6. The van der Waals surface area contributed by atoms with Crippen molar-refractivity contribution >= 4 is 47.7 Å². The molecule has 0 saturated heterocycles. The molecule has 0 bridgehead atoms. The monoisotopic (exact) mass is 328 g/mol. The van der Waals surface area contributed by atoms with E-state index in [4.69, 9.17) is 5.73 Å². The number of rotatable bonds is 1. The lowest BCUT2D eigenvalue weighted by molar-refractivity contribution is 0.463. The highest BCUT2D eigenvalue weighted by Crippen LogP contribution is 2.31. The summed E-state index contributed by atoms with van der Waals surface area (Å²) in [5.41, 5.74) is 5.86. The third-order valence-electron chi connectivity index (χ3n) is 1.34. The van der Waals surface area contributed by atoms with Crippen molar-refractivity contribution in [2.75, 3.05) is 5.73 Å². The van der Waals surface area contributed by atoms with Crippen LogP contribution in [0.25, 0.3) is 0 Å². The van der Waals surface area contributed by atoms with Crippen molar-refractivity contribution in [2.24, 2.45) is 0 Å². The van der Waals surface area contributed by atoms with Gasteiger partial charge >= 0.3 is 0 Å². The van der Waals surface area contributed by atoms with E-state index >= 15 is 0 Å². The van der Waals surface area contributed by atoms with E-state index < -0.39 is 10.1 Å². The molecule has 1 aromatic carbocycles. The zero-order valence-electron chi connectivity index (χ0n) is 6.12. The van der Waals surface area contributed by atoms with E-state index in [1.54, 1.807) is 0 Å². The third kappa shape index (κ3) is 2.43. The Morgan fingerprint density at radius 3 is 1.92 bits per heavy atom. The van der Waals surface area contributed by atoms with Gasteiger partial charge < -0.3 is 10.3 Å². The molecular formula is C6H4Br2NO3S-. The number of benzene rings is 1. The lowest BCUT2D eigenvalue weighted by Gasteiger charge is -2.09. The van der Waals surface area contributed by atoms with E-state index in [9.17, 15) is 13.0 Å². The lowest BCUT2D eigenvalue weighted by Crippen LogP contribution is -2.00. The molecule has 0 amide bonds. The summed E-state index contributed by atoms with van der Waals surface area (Å²) in [5.74, 6) is 0. The molecule has 7 heteroatoms. The van der Waals surface area contributed by atoms with Gasteiger partial charge in [-0.15, -0.1) is 0 Å². The van der Waals surface area contributed by atoms with Crippen LogP contribution < -0.4 is 5.73 Å². The Hall–Kier alpha value is -0.110. The minimum Gasteiger partial charge on any atom is -0.744 e. The summed E-state index contributed by atoms with van der Waals surface area (Å²) in [7, 11) is -4.43. The summed E-state index contributed by atoms with van der Waals surface area (Å²) in [4.78, 5) is -0.319. The van der Waals surface area contributed by atoms with E-state index in [2.05, 4.69) is 31.9 Å². The molecule has 0 aliphatic heterocycles. The molecule has 0 aromatic heterocycles.